The maximum absolute atomic E-state index is 12.8. The number of hydrogen-bond acceptors (Lipinski definition) is 3. The molecule has 0 aromatic heterocycles. The molecule has 5 nitrogen and oxygen atoms in total. The first kappa shape index (κ1) is 14.8. The highest BCUT2D eigenvalue weighted by Gasteiger charge is 2.40. The van der Waals surface area contributed by atoms with Gasteiger partial charge in [0, 0.05) is 38.3 Å². The van der Waals surface area contributed by atoms with Gasteiger partial charge in [-0.05, 0) is 44.4 Å². The van der Waals surface area contributed by atoms with Crippen molar-refractivity contribution in [3.8, 4) is 0 Å². The minimum absolute atomic E-state index is 0.179. The van der Waals surface area contributed by atoms with E-state index in [-0.39, 0.29) is 6.04 Å². The quantitative estimate of drug-likeness (QED) is 0.851. The number of rotatable bonds is 3. The number of nitrogens with zero attached hydrogens (tertiary/aromatic N) is 2. The van der Waals surface area contributed by atoms with E-state index in [0.717, 1.165) is 25.7 Å². The zero-order valence-electron chi connectivity index (χ0n) is 12.6. The molecule has 3 rings (SSSR count). The van der Waals surface area contributed by atoms with Gasteiger partial charge in [0.05, 0.1) is 0 Å². The van der Waals surface area contributed by atoms with Crippen LogP contribution < -0.4 is 5.32 Å². The Morgan fingerprint density at radius 2 is 1.60 bits per heavy atom. The molecule has 0 saturated carbocycles. The summed E-state index contributed by atoms with van der Waals surface area (Å²) >= 11 is 0. The van der Waals surface area contributed by atoms with Crippen LogP contribution in [0, 0.1) is 5.92 Å². The number of nitrogens with one attached hydrogen (secondary N) is 1. The molecular formula is C14H27N3O2S. The third-order valence-electron chi connectivity index (χ3n) is 5.40. The summed E-state index contributed by atoms with van der Waals surface area (Å²) in [6.07, 6.45) is 6.33. The van der Waals surface area contributed by atoms with Gasteiger partial charge in [-0.15, -0.1) is 0 Å². The van der Waals surface area contributed by atoms with Gasteiger partial charge in [0.25, 0.3) is 10.2 Å². The van der Waals surface area contributed by atoms with E-state index >= 15 is 0 Å². The van der Waals surface area contributed by atoms with E-state index in [0.29, 0.717) is 31.1 Å². The Balaban J connectivity index is 1.67. The van der Waals surface area contributed by atoms with Gasteiger partial charge in [0.2, 0.25) is 0 Å². The minimum atomic E-state index is -3.27. The molecule has 0 radical (unpaired) electrons. The first-order valence-corrected chi connectivity index (χ1v) is 9.35. The van der Waals surface area contributed by atoms with E-state index in [2.05, 4.69) is 12.2 Å². The normalized spacial score (nSPS) is 36.6. The van der Waals surface area contributed by atoms with Crippen LogP contribution in [-0.4, -0.2) is 55.3 Å². The zero-order chi connectivity index (χ0) is 14.3. The van der Waals surface area contributed by atoms with Crippen LogP contribution in [0.1, 0.15) is 45.4 Å². The fraction of sp³-hybridized carbons (Fsp3) is 1.00. The second-order valence-electron chi connectivity index (χ2n) is 6.87. The third-order valence-corrected chi connectivity index (χ3v) is 7.44. The second-order valence-corrected chi connectivity index (χ2v) is 8.86. The van der Waals surface area contributed by atoms with Gasteiger partial charge in [-0.25, -0.2) is 0 Å². The molecule has 0 spiro atoms. The largest absolute Gasteiger partial charge is 0.311 e. The molecule has 2 atom stereocenters. The van der Waals surface area contributed by atoms with Crippen LogP contribution in [-0.2, 0) is 10.2 Å². The lowest BCUT2D eigenvalue weighted by molar-refractivity contribution is 0.221. The smallest absolute Gasteiger partial charge is 0.281 e. The van der Waals surface area contributed by atoms with Gasteiger partial charge in [-0.2, -0.15) is 17.0 Å². The van der Waals surface area contributed by atoms with Crippen molar-refractivity contribution < 1.29 is 8.42 Å². The summed E-state index contributed by atoms with van der Waals surface area (Å²) in [5, 5.41) is 3.58. The van der Waals surface area contributed by atoms with Crippen molar-refractivity contribution in [3.63, 3.8) is 0 Å². The van der Waals surface area contributed by atoms with Crippen molar-refractivity contribution in [1.82, 2.24) is 13.9 Å². The lowest BCUT2D eigenvalue weighted by atomic mass is 10.0. The van der Waals surface area contributed by atoms with Crippen molar-refractivity contribution in [1.29, 1.82) is 0 Å². The maximum Gasteiger partial charge on any atom is 0.281 e. The molecule has 0 aromatic carbocycles. The molecule has 1 N–H and O–H groups in total. The average molecular weight is 301 g/mol. The summed E-state index contributed by atoms with van der Waals surface area (Å²) in [6.45, 7) is 3.58. The molecule has 116 valence electrons. The Labute approximate surface area is 122 Å². The summed E-state index contributed by atoms with van der Waals surface area (Å²) in [4.78, 5) is 0. The van der Waals surface area contributed by atoms with Gasteiger partial charge in [-0.3, -0.25) is 0 Å². The van der Waals surface area contributed by atoms with Crippen molar-refractivity contribution in [3.05, 3.63) is 0 Å². The fourth-order valence-electron chi connectivity index (χ4n) is 3.91. The molecule has 20 heavy (non-hydrogen) atoms. The molecular weight excluding hydrogens is 274 g/mol. The molecule has 0 aromatic rings. The molecule has 6 heteroatoms. The Morgan fingerprint density at radius 1 is 1.05 bits per heavy atom. The number of hydrogen-bond donors (Lipinski definition) is 1. The highest BCUT2D eigenvalue weighted by molar-refractivity contribution is 7.86. The average Bonchev–Trinajstić information content (AvgIpc) is 2.77. The van der Waals surface area contributed by atoms with Crippen LogP contribution in [0.5, 0.6) is 0 Å². The summed E-state index contributed by atoms with van der Waals surface area (Å²) in [6, 6.07) is 1.23. The van der Waals surface area contributed by atoms with Crippen molar-refractivity contribution in [2.45, 2.75) is 63.6 Å². The summed E-state index contributed by atoms with van der Waals surface area (Å²) in [7, 11) is -1.48. The van der Waals surface area contributed by atoms with Crippen LogP contribution in [0.15, 0.2) is 0 Å². The monoisotopic (exact) mass is 301 g/mol. The van der Waals surface area contributed by atoms with Crippen molar-refractivity contribution in [2.75, 3.05) is 20.1 Å². The first-order valence-electron chi connectivity index (χ1n) is 7.96. The molecule has 0 aliphatic carbocycles. The Morgan fingerprint density at radius 3 is 2.15 bits per heavy atom. The van der Waals surface area contributed by atoms with E-state index in [1.807, 2.05) is 0 Å². The standard InChI is InChI=1S/C14H27N3O2S/c1-11-5-7-17(8-6-11)20(18,19)16(2)14-9-12-3-4-13(10-14)15-12/h11-15H,3-10H2,1-2H3. The van der Waals surface area contributed by atoms with Crippen LogP contribution in [0.3, 0.4) is 0 Å². The van der Waals surface area contributed by atoms with Crippen LogP contribution in [0.2, 0.25) is 0 Å². The molecule has 3 saturated heterocycles. The van der Waals surface area contributed by atoms with Crippen molar-refractivity contribution >= 4 is 10.2 Å². The molecule has 3 fully saturated rings. The van der Waals surface area contributed by atoms with Crippen LogP contribution in [0.4, 0.5) is 0 Å². The lowest BCUT2D eigenvalue weighted by Gasteiger charge is -2.39. The predicted octanol–water partition coefficient (Wildman–Crippen LogP) is 1.18. The summed E-state index contributed by atoms with van der Waals surface area (Å²) in [5.74, 6) is 0.654. The molecule has 3 aliphatic heterocycles. The van der Waals surface area contributed by atoms with E-state index < -0.39 is 10.2 Å². The van der Waals surface area contributed by atoms with Gasteiger partial charge >= 0.3 is 0 Å². The molecule has 0 amide bonds. The highest BCUT2D eigenvalue weighted by atomic mass is 32.2. The zero-order valence-corrected chi connectivity index (χ0v) is 13.4. The van der Waals surface area contributed by atoms with E-state index in [9.17, 15) is 8.42 Å². The molecule has 3 heterocycles. The lowest BCUT2D eigenvalue weighted by Crippen LogP contribution is -2.53. The molecule has 2 unspecified atom stereocenters. The third kappa shape index (κ3) is 2.75. The Bertz CT molecular complexity index is 433. The topological polar surface area (TPSA) is 52.7 Å². The Kier molecular flexibility index (Phi) is 4.10. The number of fused-ring (bicyclic) bond motifs is 2. The summed E-state index contributed by atoms with van der Waals surface area (Å²) < 4.78 is 28.9. The van der Waals surface area contributed by atoms with E-state index in [4.69, 9.17) is 0 Å². The minimum Gasteiger partial charge on any atom is -0.311 e. The second kappa shape index (κ2) is 5.55. The van der Waals surface area contributed by atoms with Gasteiger partial charge in [-0.1, -0.05) is 6.92 Å². The van der Waals surface area contributed by atoms with Gasteiger partial charge in [0.1, 0.15) is 0 Å². The van der Waals surface area contributed by atoms with E-state index in [1.165, 1.54) is 12.8 Å². The predicted molar refractivity (Wildman–Crippen MR) is 79.6 cm³/mol. The Hall–Kier alpha value is -0.170. The SMILES string of the molecule is CC1CCN(S(=O)(=O)N(C)C2CC3CCC(C2)N3)CC1. The van der Waals surface area contributed by atoms with Gasteiger partial charge < -0.3 is 5.32 Å². The maximum atomic E-state index is 12.8. The fourth-order valence-corrected chi connectivity index (χ4v) is 5.50. The molecule has 2 bridgehead atoms. The number of piperidine rings is 2. The van der Waals surface area contributed by atoms with Crippen molar-refractivity contribution in [2.24, 2.45) is 5.92 Å². The van der Waals surface area contributed by atoms with Crippen LogP contribution in [0.25, 0.3) is 0 Å². The van der Waals surface area contributed by atoms with Gasteiger partial charge in [0.15, 0.2) is 0 Å². The van der Waals surface area contributed by atoms with E-state index in [1.54, 1.807) is 15.7 Å². The summed E-state index contributed by atoms with van der Waals surface area (Å²) in [5.41, 5.74) is 0. The van der Waals surface area contributed by atoms with Crippen LogP contribution >= 0.6 is 0 Å². The first-order chi connectivity index (χ1) is 9.46. The molecule has 3 aliphatic rings. The highest BCUT2D eigenvalue weighted by Crippen LogP contribution is 2.31.